The number of ether oxygens (including phenoxy) is 1. The van der Waals surface area contributed by atoms with Crippen molar-refractivity contribution in [1.29, 1.82) is 0 Å². The highest BCUT2D eigenvalue weighted by Gasteiger charge is 2.32. The van der Waals surface area contributed by atoms with Gasteiger partial charge in [0.2, 0.25) is 0 Å². The van der Waals surface area contributed by atoms with Gasteiger partial charge in [-0.1, -0.05) is 64.9 Å². The summed E-state index contributed by atoms with van der Waals surface area (Å²) in [7, 11) is 0. The molecule has 0 aliphatic rings. The van der Waals surface area contributed by atoms with Gasteiger partial charge in [0.1, 0.15) is 6.10 Å². The van der Waals surface area contributed by atoms with Gasteiger partial charge in [-0.3, -0.25) is 0 Å². The van der Waals surface area contributed by atoms with Crippen LogP contribution in [0, 0.1) is 5.92 Å². The third-order valence-electron chi connectivity index (χ3n) is 4.53. The average Bonchev–Trinajstić information content (AvgIpc) is 2.43. The third-order valence-corrected chi connectivity index (χ3v) is 4.53. The number of rotatable bonds is 13. The molecular formula is C20H40BrNO2. The number of carbonyl (C=O) groups excluding carboxylic acids is 1. The van der Waals surface area contributed by atoms with Gasteiger partial charge in [-0.05, 0) is 34.1 Å². The Kier molecular flexibility index (Phi) is 15.0. The largest absolute Gasteiger partial charge is 0.459 e. The quantitative estimate of drug-likeness (QED) is 0.233. The van der Waals surface area contributed by atoms with Gasteiger partial charge in [0.05, 0.1) is 0 Å². The molecule has 0 aliphatic carbocycles. The van der Waals surface area contributed by atoms with Crippen molar-refractivity contribution in [3.8, 4) is 0 Å². The summed E-state index contributed by atoms with van der Waals surface area (Å²) in [6.45, 7) is 13.6. The van der Waals surface area contributed by atoms with Crippen molar-refractivity contribution in [3.05, 3.63) is 12.2 Å². The first kappa shape index (κ1) is 25.9. The summed E-state index contributed by atoms with van der Waals surface area (Å²) in [6, 6.07) is 0. The molecule has 0 aromatic heterocycles. The lowest BCUT2D eigenvalue weighted by molar-refractivity contribution is -0.147. The fourth-order valence-corrected chi connectivity index (χ4v) is 3.06. The van der Waals surface area contributed by atoms with E-state index in [2.05, 4.69) is 13.5 Å². The molecule has 0 saturated carbocycles. The van der Waals surface area contributed by atoms with Crippen LogP contribution in [0.15, 0.2) is 12.2 Å². The molecule has 0 aliphatic heterocycles. The Labute approximate surface area is 160 Å². The van der Waals surface area contributed by atoms with Crippen LogP contribution in [0.4, 0.5) is 0 Å². The number of halogens is 1. The van der Waals surface area contributed by atoms with E-state index in [0.29, 0.717) is 5.57 Å². The number of unbranched alkanes of at least 4 members (excludes halogenated alkanes) is 7. The van der Waals surface area contributed by atoms with E-state index in [4.69, 9.17) is 10.5 Å². The Morgan fingerprint density at radius 1 is 1.08 bits per heavy atom. The number of hydrogen-bond acceptors (Lipinski definition) is 3. The van der Waals surface area contributed by atoms with E-state index in [0.717, 1.165) is 12.8 Å². The highest BCUT2D eigenvalue weighted by molar-refractivity contribution is 8.93. The van der Waals surface area contributed by atoms with Gasteiger partial charge in [0.25, 0.3) is 0 Å². The molecule has 0 amide bonds. The Morgan fingerprint density at radius 2 is 1.54 bits per heavy atom. The molecule has 2 atom stereocenters. The second-order valence-electron chi connectivity index (χ2n) is 7.58. The molecule has 0 saturated heterocycles. The normalized spacial score (nSPS) is 13.8. The lowest BCUT2D eigenvalue weighted by Gasteiger charge is -2.35. The van der Waals surface area contributed by atoms with Crippen LogP contribution in [0.2, 0.25) is 0 Å². The van der Waals surface area contributed by atoms with Crippen molar-refractivity contribution in [2.24, 2.45) is 11.7 Å². The number of carbonyl (C=O) groups is 1. The van der Waals surface area contributed by atoms with Crippen molar-refractivity contribution < 1.29 is 9.53 Å². The summed E-state index contributed by atoms with van der Waals surface area (Å²) in [5, 5.41) is 0. The van der Waals surface area contributed by atoms with Gasteiger partial charge in [-0.2, -0.15) is 0 Å². The van der Waals surface area contributed by atoms with E-state index in [1.807, 2.05) is 20.8 Å². The predicted molar refractivity (Wildman–Crippen MR) is 110 cm³/mol. The number of nitrogens with two attached hydrogens (primary N) is 1. The third kappa shape index (κ3) is 12.1. The second kappa shape index (κ2) is 13.9. The highest BCUT2D eigenvalue weighted by atomic mass is 79.9. The van der Waals surface area contributed by atoms with Crippen molar-refractivity contribution in [2.45, 2.75) is 104 Å². The lowest BCUT2D eigenvalue weighted by atomic mass is 9.80. The maximum absolute atomic E-state index is 11.7. The number of esters is 1. The lowest BCUT2D eigenvalue weighted by Crippen LogP contribution is -2.47. The molecular weight excluding hydrogens is 366 g/mol. The Hall–Kier alpha value is -0.350. The molecule has 24 heavy (non-hydrogen) atoms. The summed E-state index contributed by atoms with van der Waals surface area (Å²) in [5.74, 6) is -0.145. The monoisotopic (exact) mass is 405 g/mol. The fourth-order valence-electron chi connectivity index (χ4n) is 3.06. The predicted octanol–water partition coefficient (Wildman–Crippen LogP) is 5.96. The van der Waals surface area contributed by atoms with E-state index >= 15 is 0 Å². The summed E-state index contributed by atoms with van der Waals surface area (Å²) in [5.41, 5.74) is 6.41. The zero-order valence-electron chi connectivity index (χ0n) is 16.5. The van der Waals surface area contributed by atoms with Crippen molar-refractivity contribution in [3.63, 3.8) is 0 Å². The first-order chi connectivity index (χ1) is 10.7. The van der Waals surface area contributed by atoms with Crippen molar-refractivity contribution >= 4 is 23.0 Å². The van der Waals surface area contributed by atoms with E-state index in [9.17, 15) is 4.79 Å². The highest BCUT2D eigenvalue weighted by Crippen LogP contribution is 2.27. The minimum Gasteiger partial charge on any atom is -0.459 e. The fraction of sp³-hybridized carbons (Fsp3) is 0.850. The van der Waals surface area contributed by atoms with Crippen LogP contribution in [0.5, 0.6) is 0 Å². The summed E-state index contributed by atoms with van der Waals surface area (Å²) in [4.78, 5) is 11.7. The smallest absolute Gasteiger partial charge is 0.333 e. The van der Waals surface area contributed by atoms with Crippen LogP contribution in [-0.4, -0.2) is 17.6 Å². The summed E-state index contributed by atoms with van der Waals surface area (Å²) in [6.07, 6.45) is 11.2. The van der Waals surface area contributed by atoms with E-state index in [1.54, 1.807) is 6.92 Å². The van der Waals surface area contributed by atoms with Crippen molar-refractivity contribution in [1.82, 2.24) is 0 Å². The Balaban J connectivity index is 0. The Morgan fingerprint density at radius 3 is 1.96 bits per heavy atom. The first-order valence-corrected chi connectivity index (χ1v) is 9.35. The molecule has 0 rings (SSSR count). The molecule has 2 unspecified atom stereocenters. The maximum Gasteiger partial charge on any atom is 0.333 e. The topological polar surface area (TPSA) is 52.3 Å². The van der Waals surface area contributed by atoms with Gasteiger partial charge < -0.3 is 10.5 Å². The van der Waals surface area contributed by atoms with Gasteiger partial charge in [0, 0.05) is 17.0 Å². The minimum atomic E-state index is -0.351. The van der Waals surface area contributed by atoms with E-state index in [-0.39, 0.29) is 40.5 Å². The molecule has 0 fully saturated rings. The molecule has 3 nitrogen and oxygen atoms in total. The molecule has 144 valence electrons. The van der Waals surface area contributed by atoms with Crippen LogP contribution >= 0.6 is 17.0 Å². The van der Waals surface area contributed by atoms with Gasteiger partial charge in [-0.25, -0.2) is 4.79 Å². The summed E-state index contributed by atoms with van der Waals surface area (Å²) >= 11 is 0. The minimum absolute atomic E-state index is 0. The van der Waals surface area contributed by atoms with E-state index < -0.39 is 0 Å². The molecule has 0 heterocycles. The molecule has 4 heteroatoms. The standard InChI is InChI=1S/C20H39NO2.BrH/c1-7-8-9-10-11-12-13-14-15-18(20(5,6)21)17(4)23-19(22)16(2)3;/h17-18H,2,7-15,21H2,1,3-6H3;1H. The van der Waals surface area contributed by atoms with Crippen molar-refractivity contribution in [2.75, 3.05) is 0 Å². The molecule has 0 aromatic carbocycles. The van der Waals surface area contributed by atoms with E-state index in [1.165, 1.54) is 44.9 Å². The average molecular weight is 406 g/mol. The second-order valence-corrected chi connectivity index (χ2v) is 7.58. The zero-order valence-corrected chi connectivity index (χ0v) is 18.2. The number of hydrogen-bond donors (Lipinski definition) is 1. The maximum atomic E-state index is 11.7. The van der Waals surface area contributed by atoms with Gasteiger partial charge in [-0.15, -0.1) is 17.0 Å². The van der Waals surface area contributed by atoms with Crippen LogP contribution in [-0.2, 0) is 9.53 Å². The molecule has 0 aromatic rings. The van der Waals surface area contributed by atoms with Crippen LogP contribution in [0.25, 0.3) is 0 Å². The zero-order chi connectivity index (χ0) is 17.9. The molecule has 0 radical (unpaired) electrons. The van der Waals surface area contributed by atoms with Crippen LogP contribution in [0.1, 0.15) is 92.4 Å². The van der Waals surface area contributed by atoms with Crippen LogP contribution < -0.4 is 5.73 Å². The summed E-state index contributed by atoms with van der Waals surface area (Å²) < 4.78 is 5.50. The molecule has 0 bridgehead atoms. The molecule has 0 spiro atoms. The van der Waals surface area contributed by atoms with Gasteiger partial charge in [0.15, 0.2) is 0 Å². The SMILES string of the molecule is Br.C=C(C)C(=O)OC(C)C(CCCCCCCCCC)C(C)(C)N. The first-order valence-electron chi connectivity index (χ1n) is 9.35. The van der Waals surface area contributed by atoms with Crippen LogP contribution in [0.3, 0.4) is 0 Å². The Bertz CT molecular complexity index is 350. The van der Waals surface area contributed by atoms with Gasteiger partial charge >= 0.3 is 5.97 Å². The molecule has 2 N–H and O–H groups in total.